The van der Waals surface area contributed by atoms with E-state index in [1.165, 1.54) is 19.3 Å². The molecular weight excluding hydrogens is 545 g/mol. The fourth-order valence-electron chi connectivity index (χ4n) is 5.96. The van der Waals surface area contributed by atoms with Crippen LogP contribution in [-0.2, 0) is 13.6 Å². The van der Waals surface area contributed by atoms with E-state index in [4.69, 9.17) is 14.0 Å². The highest BCUT2D eigenvalue weighted by Gasteiger charge is 2.49. The van der Waals surface area contributed by atoms with Crippen LogP contribution in [0.1, 0.15) is 113 Å². The molecule has 7 heteroatoms. The van der Waals surface area contributed by atoms with Gasteiger partial charge < -0.3 is 19.1 Å². The summed E-state index contributed by atoms with van der Waals surface area (Å²) in [4.78, 5) is 10.8. The minimum atomic E-state index is -2.01. The van der Waals surface area contributed by atoms with E-state index in [0.29, 0.717) is 12.8 Å². The zero-order valence-electron chi connectivity index (χ0n) is 28.4. The molecule has 2 aliphatic carbocycles. The van der Waals surface area contributed by atoms with Crippen LogP contribution in [0.15, 0.2) is 24.3 Å². The van der Waals surface area contributed by atoms with Crippen LogP contribution in [-0.4, -0.2) is 51.1 Å². The molecule has 0 aliphatic heterocycles. The van der Waals surface area contributed by atoms with Gasteiger partial charge in [0.15, 0.2) is 16.6 Å². The minimum Gasteiger partial charge on any atom is -0.481 e. The summed E-state index contributed by atoms with van der Waals surface area (Å²) in [5.41, 5.74) is 0.282. The fourth-order valence-corrected chi connectivity index (χ4v) is 8.73. The molecular formula is C34H64O5Si2. The van der Waals surface area contributed by atoms with Gasteiger partial charge in [0.1, 0.15) is 0 Å². The lowest BCUT2D eigenvalue weighted by Crippen LogP contribution is -2.51. The Labute approximate surface area is 254 Å². The predicted molar refractivity (Wildman–Crippen MR) is 177 cm³/mol. The highest BCUT2D eigenvalue weighted by atomic mass is 28.4. The van der Waals surface area contributed by atoms with Crippen LogP contribution in [0, 0.1) is 17.3 Å². The van der Waals surface area contributed by atoms with Crippen molar-refractivity contribution in [3.63, 3.8) is 0 Å². The Morgan fingerprint density at radius 2 is 1.61 bits per heavy atom. The molecule has 0 bridgehead atoms. The van der Waals surface area contributed by atoms with Crippen molar-refractivity contribution in [1.29, 1.82) is 0 Å². The van der Waals surface area contributed by atoms with Crippen molar-refractivity contribution < 1.29 is 23.9 Å². The van der Waals surface area contributed by atoms with Crippen LogP contribution in [0.3, 0.4) is 0 Å². The molecule has 1 unspecified atom stereocenters. The van der Waals surface area contributed by atoms with Crippen LogP contribution in [0.2, 0.25) is 36.3 Å². The molecule has 2 rings (SSSR count). The number of carboxylic acid groups (broad SMARTS) is 1. The van der Waals surface area contributed by atoms with Crippen LogP contribution in [0.5, 0.6) is 0 Å². The molecule has 0 radical (unpaired) electrons. The lowest BCUT2D eigenvalue weighted by atomic mass is 9.63. The lowest BCUT2D eigenvalue weighted by Gasteiger charge is -2.51. The molecule has 0 spiro atoms. The SMILES string of the molecule is CCC1(C(C/C=C/[C@@H]2[C@@H](C/C=C\CCCC(=O)O)[C@@H](O)C[C@H]2O[Si](C)(C)C(C)(C)C)O[Si](C)(C)C(C)(C)C)CCC1. The van der Waals surface area contributed by atoms with Crippen molar-refractivity contribution in [2.45, 2.75) is 167 Å². The van der Waals surface area contributed by atoms with E-state index < -0.39 is 28.7 Å². The van der Waals surface area contributed by atoms with Crippen LogP contribution < -0.4 is 0 Å². The Balaban J connectivity index is 2.28. The molecule has 2 saturated carbocycles. The van der Waals surface area contributed by atoms with Gasteiger partial charge in [-0.15, -0.1) is 0 Å². The van der Waals surface area contributed by atoms with Crippen LogP contribution in [0.4, 0.5) is 0 Å². The highest BCUT2D eigenvalue weighted by Crippen LogP contribution is 2.51. The number of unbranched alkanes of at least 4 members (excludes halogenated alkanes) is 1. The van der Waals surface area contributed by atoms with E-state index in [0.717, 1.165) is 25.7 Å². The maximum absolute atomic E-state index is 11.2. The van der Waals surface area contributed by atoms with Gasteiger partial charge in [0.2, 0.25) is 0 Å². The smallest absolute Gasteiger partial charge is 0.303 e. The third-order valence-corrected chi connectivity index (χ3v) is 20.2. The van der Waals surface area contributed by atoms with Gasteiger partial charge in [0, 0.05) is 12.3 Å². The maximum atomic E-state index is 11.2. The zero-order chi connectivity index (χ0) is 31.3. The summed E-state index contributed by atoms with van der Waals surface area (Å²) in [7, 11) is -3.94. The first-order chi connectivity index (χ1) is 18.8. The van der Waals surface area contributed by atoms with Gasteiger partial charge >= 0.3 is 5.97 Å². The Bertz CT molecular complexity index is 886. The van der Waals surface area contributed by atoms with Gasteiger partial charge in [-0.3, -0.25) is 4.79 Å². The molecule has 0 aromatic carbocycles. The average Bonchev–Trinajstić information content (AvgIpc) is 3.07. The molecule has 41 heavy (non-hydrogen) atoms. The van der Waals surface area contributed by atoms with Gasteiger partial charge in [-0.25, -0.2) is 0 Å². The Kier molecular flexibility index (Phi) is 12.8. The van der Waals surface area contributed by atoms with Crippen molar-refractivity contribution >= 4 is 22.6 Å². The summed E-state index contributed by atoms with van der Waals surface area (Å²) in [5, 5.41) is 20.4. The quantitative estimate of drug-likeness (QED) is 0.110. The van der Waals surface area contributed by atoms with E-state index in [2.05, 4.69) is 99.0 Å². The molecule has 5 nitrogen and oxygen atoms in total. The van der Waals surface area contributed by atoms with E-state index in [1.807, 2.05) is 0 Å². The van der Waals surface area contributed by atoms with Gasteiger partial charge in [-0.1, -0.05) is 79.2 Å². The second kappa shape index (κ2) is 14.4. The first kappa shape index (κ1) is 36.5. The monoisotopic (exact) mass is 608 g/mol. The third kappa shape index (κ3) is 9.62. The molecule has 0 amide bonds. The summed E-state index contributed by atoms with van der Waals surface area (Å²) >= 11 is 0. The number of carboxylic acids is 1. The van der Waals surface area contributed by atoms with Crippen molar-refractivity contribution in [2.75, 3.05) is 0 Å². The van der Waals surface area contributed by atoms with Crippen molar-refractivity contribution in [3.8, 4) is 0 Å². The summed E-state index contributed by atoms with van der Waals surface area (Å²) in [5.74, 6) is -0.501. The largest absolute Gasteiger partial charge is 0.481 e. The van der Waals surface area contributed by atoms with Crippen molar-refractivity contribution in [3.05, 3.63) is 24.3 Å². The second-order valence-electron chi connectivity index (χ2n) is 16.1. The number of rotatable bonds is 15. The van der Waals surface area contributed by atoms with Gasteiger partial charge in [-0.2, -0.15) is 0 Å². The lowest BCUT2D eigenvalue weighted by molar-refractivity contribution is -0.137. The molecule has 0 aromatic rings. The third-order valence-electron chi connectivity index (χ3n) is 11.2. The molecule has 5 atom stereocenters. The standard InChI is InChI=1S/C34H64O5Si2/c1-12-34(23-18-24-34)30(39-41(10,11)33(5,6)7)21-17-20-27-26(19-15-13-14-16-22-31(36)37)28(35)25-29(27)38-40(8,9)32(2,3)4/h13,15,17,20,26-30,35H,12,14,16,18-19,21-25H2,1-11H3,(H,36,37)/b15-13-,20-17+/t26-,27-,28+,29-,30?/m1/s1. The van der Waals surface area contributed by atoms with E-state index in [-0.39, 0.29) is 46.0 Å². The molecule has 2 N–H and O–H groups in total. The second-order valence-corrected chi connectivity index (χ2v) is 25.6. The first-order valence-corrected chi connectivity index (χ1v) is 22.1. The number of aliphatic carboxylic acids is 1. The number of hydrogen-bond donors (Lipinski definition) is 2. The van der Waals surface area contributed by atoms with Crippen LogP contribution in [0.25, 0.3) is 0 Å². The number of aliphatic hydroxyl groups is 1. The maximum Gasteiger partial charge on any atom is 0.303 e. The van der Waals surface area contributed by atoms with Gasteiger partial charge in [-0.05, 0) is 99.0 Å². The van der Waals surface area contributed by atoms with Gasteiger partial charge in [0.25, 0.3) is 0 Å². The molecule has 0 aromatic heterocycles. The Morgan fingerprint density at radius 3 is 2.10 bits per heavy atom. The average molecular weight is 609 g/mol. The first-order valence-electron chi connectivity index (χ1n) is 16.3. The summed E-state index contributed by atoms with van der Waals surface area (Å²) in [6.45, 7) is 25.5. The number of aliphatic hydroxyl groups excluding tert-OH is 1. The van der Waals surface area contributed by atoms with Gasteiger partial charge in [0.05, 0.1) is 18.3 Å². The topological polar surface area (TPSA) is 76.0 Å². The van der Waals surface area contributed by atoms with E-state index in [1.54, 1.807) is 0 Å². The predicted octanol–water partition coefficient (Wildman–Crippen LogP) is 9.49. The molecule has 2 fully saturated rings. The minimum absolute atomic E-state index is 0.0103. The summed E-state index contributed by atoms with van der Waals surface area (Å²) in [6.07, 6.45) is 17.7. The number of hydrogen-bond acceptors (Lipinski definition) is 4. The molecule has 2 aliphatic rings. The van der Waals surface area contributed by atoms with Crippen molar-refractivity contribution in [1.82, 2.24) is 0 Å². The van der Waals surface area contributed by atoms with Crippen LogP contribution >= 0.6 is 0 Å². The summed E-state index contributed by atoms with van der Waals surface area (Å²) < 4.78 is 14.1. The van der Waals surface area contributed by atoms with Crippen molar-refractivity contribution in [2.24, 2.45) is 17.3 Å². The molecule has 0 heterocycles. The molecule has 238 valence electrons. The molecule has 0 saturated heterocycles. The highest BCUT2D eigenvalue weighted by molar-refractivity contribution is 6.74. The summed E-state index contributed by atoms with van der Waals surface area (Å²) in [6, 6.07) is 0. The Morgan fingerprint density at radius 1 is 1.00 bits per heavy atom. The van der Waals surface area contributed by atoms with E-state index >= 15 is 0 Å². The Hall–Kier alpha value is -0.736. The number of carbonyl (C=O) groups is 1. The fraction of sp³-hybridized carbons (Fsp3) is 0.853. The zero-order valence-corrected chi connectivity index (χ0v) is 30.4. The number of allylic oxidation sites excluding steroid dienone is 2. The van der Waals surface area contributed by atoms with E-state index in [9.17, 15) is 9.90 Å². The normalized spacial score (nSPS) is 26.5.